The molecule has 132 valence electrons. The number of benzene rings is 1. The first-order valence-electron chi connectivity index (χ1n) is 7.12. The van der Waals surface area contributed by atoms with Crippen molar-refractivity contribution >= 4 is 23.2 Å². The van der Waals surface area contributed by atoms with Crippen LogP contribution in [0.25, 0.3) is 11.4 Å². The van der Waals surface area contributed by atoms with Gasteiger partial charge in [0.25, 0.3) is 17.2 Å². The summed E-state index contributed by atoms with van der Waals surface area (Å²) < 4.78 is 5.98. The molecule has 26 heavy (non-hydrogen) atoms. The third-order valence-corrected chi connectivity index (χ3v) is 3.68. The van der Waals surface area contributed by atoms with Crippen molar-refractivity contribution in [2.75, 3.05) is 0 Å². The number of carbonyl (C=O) groups is 1. The molecule has 0 spiro atoms. The van der Waals surface area contributed by atoms with Gasteiger partial charge in [0.15, 0.2) is 0 Å². The van der Waals surface area contributed by atoms with Gasteiger partial charge in [0.05, 0.1) is 11.1 Å². The number of hydrogen-bond donors (Lipinski definition) is 1. The van der Waals surface area contributed by atoms with Gasteiger partial charge in [-0.15, -0.1) is 0 Å². The molecule has 2 N–H and O–H groups in total. The van der Waals surface area contributed by atoms with Crippen LogP contribution in [-0.4, -0.2) is 25.5 Å². The summed E-state index contributed by atoms with van der Waals surface area (Å²) in [5.74, 6) is -0.793. The Labute approximate surface area is 150 Å². The van der Waals surface area contributed by atoms with Crippen molar-refractivity contribution in [1.82, 2.24) is 14.7 Å². The van der Waals surface area contributed by atoms with Gasteiger partial charge < -0.3 is 10.3 Å². The van der Waals surface area contributed by atoms with E-state index in [-0.39, 0.29) is 18.3 Å². The zero-order valence-corrected chi connectivity index (χ0v) is 13.7. The average Bonchev–Trinajstić information content (AvgIpc) is 3.05. The van der Waals surface area contributed by atoms with Crippen LogP contribution in [-0.2, 0) is 6.54 Å². The molecule has 0 aliphatic heterocycles. The third-order valence-electron chi connectivity index (χ3n) is 3.42. The lowest BCUT2D eigenvalue weighted by Crippen LogP contribution is -2.30. The summed E-state index contributed by atoms with van der Waals surface area (Å²) in [4.78, 5) is 38.0. The summed E-state index contributed by atoms with van der Waals surface area (Å²) in [7, 11) is 0. The summed E-state index contributed by atoms with van der Waals surface area (Å²) in [6.45, 7) is -0.263. The number of carbonyl (C=O) groups excluding carboxylic acids is 1. The lowest BCUT2D eigenvalue weighted by molar-refractivity contribution is -0.385. The standard InChI is InChI=1S/C15H10ClN5O5/c16-9-3-1-8(2-4-9)14-18-12(26-19-14)7-20-6-10(21(24)25)5-11(13(17)22)15(20)23/h1-6H,7H2,(H2,17,22). The van der Waals surface area contributed by atoms with Crippen LogP contribution >= 0.6 is 11.6 Å². The van der Waals surface area contributed by atoms with Crippen molar-refractivity contribution in [2.45, 2.75) is 6.54 Å². The molecule has 0 radical (unpaired) electrons. The molecule has 0 aliphatic rings. The number of nitrogens with two attached hydrogens (primary N) is 1. The van der Waals surface area contributed by atoms with Crippen LogP contribution in [0.3, 0.4) is 0 Å². The SMILES string of the molecule is NC(=O)c1cc([N+](=O)[O-])cn(Cc2nc(-c3ccc(Cl)cc3)no2)c1=O. The van der Waals surface area contributed by atoms with Crippen LogP contribution in [0.1, 0.15) is 16.2 Å². The van der Waals surface area contributed by atoms with Crippen molar-refractivity contribution in [2.24, 2.45) is 5.73 Å². The molecule has 0 bridgehead atoms. The monoisotopic (exact) mass is 375 g/mol. The van der Waals surface area contributed by atoms with Crippen molar-refractivity contribution in [1.29, 1.82) is 0 Å². The van der Waals surface area contributed by atoms with E-state index in [1.54, 1.807) is 24.3 Å². The van der Waals surface area contributed by atoms with Gasteiger partial charge in [-0.25, -0.2) is 0 Å². The molecule has 3 rings (SSSR count). The molecule has 1 aromatic carbocycles. The maximum atomic E-state index is 12.2. The molecule has 0 fully saturated rings. The van der Waals surface area contributed by atoms with Crippen molar-refractivity contribution in [3.8, 4) is 11.4 Å². The van der Waals surface area contributed by atoms with Crippen LogP contribution in [0.5, 0.6) is 0 Å². The smallest absolute Gasteiger partial charge is 0.286 e. The van der Waals surface area contributed by atoms with E-state index in [1.165, 1.54) is 0 Å². The van der Waals surface area contributed by atoms with Gasteiger partial charge in [-0.2, -0.15) is 4.98 Å². The lowest BCUT2D eigenvalue weighted by Gasteiger charge is -2.04. The maximum Gasteiger partial charge on any atom is 0.286 e. The summed E-state index contributed by atoms with van der Waals surface area (Å²) in [5.41, 5.74) is 3.97. The zero-order chi connectivity index (χ0) is 18.8. The molecule has 1 amide bonds. The number of aromatic nitrogens is 3. The van der Waals surface area contributed by atoms with E-state index in [2.05, 4.69) is 10.1 Å². The molecule has 11 heteroatoms. The summed E-state index contributed by atoms with van der Waals surface area (Å²) >= 11 is 5.81. The fraction of sp³-hybridized carbons (Fsp3) is 0.0667. The minimum absolute atomic E-state index is 0.0213. The summed E-state index contributed by atoms with van der Waals surface area (Å²) in [6, 6.07) is 7.49. The molecule has 0 aliphatic carbocycles. The highest BCUT2D eigenvalue weighted by molar-refractivity contribution is 6.30. The van der Waals surface area contributed by atoms with Gasteiger partial charge in [-0.05, 0) is 24.3 Å². The molecular weight excluding hydrogens is 366 g/mol. The Bertz CT molecular complexity index is 1060. The van der Waals surface area contributed by atoms with E-state index in [0.717, 1.165) is 16.8 Å². The molecule has 2 heterocycles. The molecule has 0 saturated carbocycles. The lowest BCUT2D eigenvalue weighted by atomic mass is 10.2. The van der Waals surface area contributed by atoms with Gasteiger partial charge in [0.2, 0.25) is 11.7 Å². The Morgan fingerprint density at radius 2 is 2.04 bits per heavy atom. The molecule has 0 unspecified atom stereocenters. The number of primary amides is 1. The predicted octanol–water partition coefficient (Wildman–Crippen LogP) is 1.61. The molecule has 3 aromatic rings. The van der Waals surface area contributed by atoms with E-state index in [4.69, 9.17) is 21.9 Å². The van der Waals surface area contributed by atoms with Crippen LogP contribution in [0.15, 0.2) is 45.8 Å². The van der Waals surface area contributed by atoms with Crippen LogP contribution in [0.4, 0.5) is 5.69 Å². The topological polar surface area (TPSA) is 147 Å². The first-order valence-corrected chi connectivity index (χ1v) is 7.50. The zero-order valence-electron chi connectivity index (χ0n) is 13.0. The van der Waals surface area contributed by atoms with Gasteiger partial charge in [-0.1, -0.05) is 16.8 Å². The highest BCUT2D eigenvalue weighted by Gasteiger charge is 2.19. The van der Waals surface area contributed by atoms with Crippen LogP contribution in [0, 0.1) is 10.1 Å². The second-order valence-corrected chi connectivity index (χ2v) is 5.62. The predicted molar refractivity (Wildman–Crippen MR) is 89.7 cm³/mol. The Balaban J connectivity index is 1.96. The summed E-state index contributed by atoms with van der Waals surface area (Å²) in [6.07, 6.45) is 0.973. The number of amides is 1. The Kier molecular flexibility index (Phi) is 4.50. The number of nitro groups is 1. The van der Waals surface area contributed by atoms with E-state index in [0.29, 0.717) is 10.6 Å². The number of hydrogen-bond acceptors (Lipinski definition) is 7. The molecule has 0 atom stereocenters. The first-order chi connectivity index (χ1) is 12.3. The normalized spacial score (nSPS) is 10.7. The average molecular weight is 376 g/mol. The van der Waals surface area contributed by atoms with E-state index in [1.807, 2.05) is 0 Å². The van der Waals surface area contributed by atoms with Crippen molar-refractivity contribution in [3.63, 3.8) is 0 Å². The molecule has 2 aromatic heterocycles. The minimum Gasteiger partial charge on any atom is -0.365 e. The number of pyridine rings is 1. The third kappa shape index (κ3) is 3.44. The molecular formula is C15H10ClN5O5. The second kappa shape index (κ2) is 6.76. The molecule has 10 nitrogen and oxygen atoms in total. The maximum absolute atomic E-state index is 12.2. The number of nitrogens with zero attached hydrogens (tertiary/aromatic N) is 4. The number of rotatable bonds is 5. The minimum atomic E-state index is -1.07. The Morgan fingerprint density at radius 1 is 1.35 bits per heavy atom. The fourth-order valence-corrected chi connectivity index (χ4v) is 2.32. The Hall–Kier alpha value is -3.53. The fourth-order valence-electron chi connectivity index (χ4n) is 2.19. The molecule has 0 saturated heterocycles. The summed E-state index contributed by atoms with van der Waals surface area (Å²) in [5, 5.41) is 15.3. The van der Waals surface area contributed by atoms with Gasteiger partial charge in [-0.3, -0.25) is 24.3 Å². The van der Waals surface area contributed by atoms with Crippen LogP contribution < -0.4 is 11.3 Å². The van der Waals surface area contributed by atoms with Gasteiger partial charge in [0, 0.05) is 16.7 Å². The van der Waals surface area contributed by atoms with Crippen molar-refractivity contribution in [3.05, 3.63) is 73.5 Å². The van der Waals surface area contributed by atoms with Gasteiger partial charge in [0.1, 0.15) is 12.1 Å². The quantitative estimate of drug-likeness (QED) is 0.526. The largest absolute Gasteiger partial charge is 0.365 e. The highest BCUT2D eigenvalue weighted by Crippen LogP contribution is 2.19. The van der Waals surface area contributed by atoms with E-state index < -0.39 is 27.6 Å². The van der Waals surface area contributed by atoms with E-state index >= 15 is 0 Å². The number of halogens is 1. The van der Waals surface area contributed by atoms with Gasteiger partial charge >= 0.3 is 0 Å². The Morgan fingerprint density at radius 3 is 2.65 bits per heavy atom. The first kappa shape index (κ1) is 17.3. The highest BCUT2D eigenvalue weighted by atomic mass is 35.5. The van der Waals surface area contributed by atoms with Crippen molar-refractivity contribution < 1.29 is 14.2 Å². The van der Waals surface area contributed by atoms with E-state index in [9.17, 15) is 19.7 Å². The van der Waals surface area contributed by atoms with Crippen LogP contribution in [0.2, 0.25) is 5.02 Å². The second-order valence-electron chi connectivity index (χ2n) is 5.19.